The van der Waals surface area contributed by atoms with Gasteiger partial charge in [0.1, 0.15) is 17.2 Å². The maximum atomic E-state index is 14.1. The zero-order valence-corrected chi connectivity index (χ0v) is 25.2. The van der Waals surface area contributed by atoms with Crippen LogP contribution in [0.5, 0.6) is 0 Å². The number of aromatic nitrogens is 1. The number of hydrogen-bond acceptors (Lipinski definition) is 7. The first kappa shape index (κ1) is 29.2. The summed E-state index contributed by atoms with van der Waals surface area (Å²) >= 11 is 0. The number of rotatable bonds is 5. The predicted molar refractivity (Wildman–Crippen MR) is 160 cm³/mol. The fraction of sp³-hybridized carbons (Fsp3) is 0.594. The lowest BCUT2D eigenvalue weighted by Gasteiger charge is -2.43. The molecular weight excluding hydrogens is 516 g/mol. The molecule has 2 unspecified atom stereocenters. The normalized spacial score (nSPS) is 22.0. The summed E-state index contributed by atoms with van der Waals surface area (Å²) in [6, 6.07) is 13.0. The highest BCUT2D eigenvalue weighted by Crippen LogP contribution is 2.34. The van der Waals surface area contributed by atoms with Crippen molar-refractivity contribution in [3.63, 3.8) is 0 Å². The Bertz CT molecular complexity index is 1360. The fourth-order valence-electron chi connectivity index (χ4n) is 6.60. The molecule has 0 aliphatic carbocycles. The first-order chi connectivity index (χ1) is 19.6. The van der Waals surface area contributed by atoms with Gasteiger partial charge >= 0.3 is 6.09 Å². The lowest BCUT2D eigenvalue weighted by atomic mass is 9.96. The van der Waals surface area contributed by atoms with Crippen LogP contribution in [-0.4, -0.2) is 82.8 Å². The van der Waals surface area contributed by atoms with E-state index in [0.29, 0.717) is 32.7 Å². The molecule has 0 spiro atoms. The second kappa shape index (κ2) is 11.9. The number of anilines is 1. The van der Waals surface area contributed by atoms with Crippen LogP contribution in [0.4, 0.5) is 10.5 Å². The molecule has 41 heavy (non-hydrogen) atoms. The van der Waals surface area contributed by atoms with Crippen molar-refractivity contribution < 1.29 is 9.53 Å². The van der Waals surface area contributed by atoms with E-state index < -0.39 is 5.60 Å². The molecule has 3 aliphatic rings. The van der Waals surface area contributed by atoms with E-state index in [1.807, 2.05) is 31.4 Å². The summed E-state index contributed by atoms with van der Waals surface area (Å²) in [6.07, 6.45) is 2.63. The Hall–Kier alpha value is -3.35. The summed E-state index contributed by atoms with van der Waals surface area (Å²) in [6.45, 7) is 13.2. The topological polar surface area (TPSA) is 85.0 Å². The van der Waals surface area contributed by atoms with Crippen molar-refractivity contribution in [3.8, 4) is 6.07 Å². The van der Waals surface area contributed by atoms with E-state index in [0.717, 1.165) is 55.8 Å². The van der Waals surface area contributed by atoms with Gasteiger partial charge < -0.3 is 24.0 Å². The minimum Gasteiger partial charge on any atom is -0.444 e. The van der Waals surface area contributed by atoms with E-state index in [1.54, 1.807) is 4.90 Å². The Morgan fingerprint density at radius 2 is 1.88 bits per heavy atom. The average Bonchev–Trinajstić information content (AvgIpc) is 3.34. The van der Waals surface area contributed by atoms with Gasteiger partial charge in [0.15, 0.2) is 0 Å². The molecule has 1 amide bonds. The highest BCUT2D eigenvalue weighted by atomic mass is 16.6. The maximum Gasteiger partial charge on any atom is 0.410 e. The van der Waals surface area contributed by atoms with Crippen LogP contribution < -0.4 is 10.5 Å². The number of carbonyl (C=O) groups excluding carboxylic acids is 1. The molecule has 1 aromatic carbocycles. The quantitative estimate of drug-likeness (QED) is 0.550. The number of nitriles is 1. The fourth-order valence-corrected chi connectivity index (χ4v) is 6.60. The summed E-state index contributed by atoms with van der Waals surface area (Å²) in [5, 5.41) is 10.4. The van der Waals surface area contributed by atoms with Gasteiger partial charge in [0, 0.05) is 63.6 Å². The van der Waals surface area contributed by atoms with Crippen molar-refractivity contribution in [3.05, 3.63) is 63.1 Å². The van der Waals surface area contributed by atoms with E-state index in [1.165, 1.54) is 5.56 Å². The molecule has 0 saturated carbocycles. The van der Waals surface area contributed by atoms with Crippen LogP contribution in [0.15, 0.2) is 35.1 Å². The van der Waals surface area contributed by atoms with Crippen LogP contribution in [0.25, 0.3) is 0 Å². The lowest BCUT2D eigenvalue weighted by molar-refractivity contribution is 0.0218. The van der Waals surface area contributed by atoms with Crippen LogP contribution in [0.1, 0.15) is 62.9 Å². The number of likely N-dealkylation sites (N-methyl/N-ethyl adjacent to an activating group) is 1. The van der Waals surface area contributed by atoms with Gasteiger partial charge in [-0.15, -0.1) is 0 Å². The van der Waals surface area contributed by atoms with E-state index in [2.05, 4.69) is 59.0 Å². The number of carbonyl (C=O) groups is 1. The predicted octanol–water partition coefficient (Wildman–Crippen LogP) is 3.82. The zero-order chi connectivity index (χ0) is 29.3. The molecule has 0 N–H and O–H groups in total. The van der Waals surface area contributed by atoms with E-state index in [-0.39, 0.29) is 29.3 Å². The third-order valence-corrected chi connectivity index (χ3v) is 8.70. The number of hydrogen-bond donors (Lipinski definition) is 0. The van der Waals surface area contributed by atoms with E-state index in [4.69, 9.17) is 4.74 Å². The zero-order valence-electron chi connectivity index (χ0n) is 25.2. The smallest absolute Gasteiger partial charge is 0.410 e. The number of nitrogens with zero attached hydrogens (tertiary/aromatic N) is 6. The summed E-state index contributed by atoms with van der Waals surface area (Å²) < 4.78 is 7.54. The summed E-state index contributed by atoms with van der Waals surface area (Å²) in [5.41, 5.74) is 3.66. The van der Waals surface area contributed by atoms with Crippen molar-refractivity contribution in [2.45, 2.75) is 84.3 Å². The van der Waals surface area contributed by atoms with Gasteiger partial charge in [-0.05, 0) is 71.7 Å². The number of amides is 1. The SMILES string of the molecule is CC1CN(C(=O)OC(C)(C)C)CCN1c1c2c(n(CC3CCCN3C)c(=O)c1C#N)CN(Cc1ccccc1)CC2. The van der Waals surface area contributed by atoms with Gasteiger partial charge in [-0.3, -0.25) is 9.69 Å². The molecular formula is C32H44N6O3. The second-order valence-electron chi connectivity index (χ2n) is 12.9. The minimum atomic E-state index is -0.561. The second-order valence-corrected chi connectivity index (χ2v) is 12.9. The lowest BCUT2D eigenvalue weighted by Crippen LogP contribution is -2.55. The van der Waals surface area contributed by atoms with E-state index in [9.17, 15) is 14.9 Å². The van der Waals surface area contributed by atoms with Crippen molar-refractivity contribution in [1.29, 1.82) is 5.26 Å². The first-order valence-corrected chi connectivity index (χ1v) is 15.0. The van der Waals surface area contributed by atoms with Gasteiger partial charge in [0.2, 0.25) is 0 Å². The summed E-state index contributed by atoms with van der Waals surface area (Å²) in [7, 11) is 2.13. The highest BCUT2D eigenvalue weighted by Gasteiger charge is 2.36. The maximum absolute atomic E-state index is 14.1. The van der Waals surface area contributed by atoms with Crippen molar-refractivity contribution in [1.82, 2.24) is 19.3 Å². The van der Waals surface area contributed by atoms with Crippen molar-refractivity contribution >= 4 is 11.8 Å². The first-order valence-electron chi connectivity index (χ1n) is 15.0. The molecule has 0 radical (unpaired) electrons. The number of piperazine rings is 1. The number of ether oxygens (including phenoxy) is 1. The third kappa shape index (κ3) is 6.29. The monoisotopic (exact) mass is 560 g/mol. The number of likely N-dealkylation sites (tertiary alicyclic amines) is 1. The van der Waals surface area contributed by atoms with Crippen molar-refractivity contribution in [2.75, 3.05) is 44.7 Å². The van der Waals surface area contributed by atoms with E-state index >= 15 is 0 Å². The molecule has 2 saturated heterocycles. The summed E-state index contributed by atoms with van der Waals surface area (Å²) in [5.74, 6) is 0. The van der Waals surface area contributed by atoms with Crippen LogP contribution in [0, 0.1) is 11.3 Å². The van der Waals surface area contributed by atoms with Crippen LogP contribution in [-0.2, 0) is 30.8 Å². The van der Waals surface area contributed by atoms with Crippen LogP contribution in [0.3, 0.4) is 0 Å². The van der Waals surface area contributed by atoms with Crippen LogP contribution >= 0.6 is 0 Å². The molecule has 1 aromatic heterocycles. The Morgan fingerprint density at radius 1 is 1.12 bits per heavy atom. The Kier molecular flexibility index (Phi) is 8.44. The molecule has 2 fully saturated rings. The average molecular weight is 561 g/mol. The largest absolute Gasteiger partial charge is 0.444 e. The Labute approximate surface area is 243 Å². The molecule has 3 aliphatic heterocycles. The Balaban J connectivity index is 1.50. The van der Waals surface area contributed by atoms with Gasteiger partial charge in [-0.2, -0.15) is 5.26 Å². The number of fused-ring (bicyclic) bond motifs is 1. The third-order valence-electron chi connectivity index (χ3n) is 8.70. The number of pyridine rings is 1. The Morgan fingerprint density at radius 3 is 2.51 bits per heavy atom. The van der Waals surface area contributed by atoms with Gasteiger partial charge in [-0.25, -0.2) is 4.79 Å². The molecule has 0 bridgehead atoms. The molecule has 2 atom stereocenters. The standard InChI is InChI=1S/C32H44N6O3/c1-23-19-36(31(40)41-32(2,3)4)16-17-37(23)29-26-13-15-35(20-24-10-7-6-8-11-24)22-28(26)38(30(39)27(29)18-33)21-25-12-9-14-34(25)5/h6-8,10-11,23,25H,9,12-17,19-22H2,1-5H3. The molecule has 4 heterocycles. The molecule has 9 heteroatoms. The van der Waals surface area contributed by atoms with Gasteiger partial charge in [0.25, 0.3) is 5.56 Å². The minimum absolute atomic E-state index is 0.0639. The molecule has 9 nitrogen and oxygen atoms in total. The summed E-state index contributed by atoms with van der Waals surface area (Å²) in [4.78, 5) is 35.6. The molecule has 2 aromatic rings. The van der Waals surface area contributed by atoms with Crippen LogP contribution in [0.2, 0.25) is 0 Å². The van der Waals surface area contributed by atoms with Gasteiger partial charge in [-0.1, -0.05) is 30.3 Å². The number of benzene rings is 1. The molecule has 220 valence electrons. The van der Waals surface area contributed by atoms with Crippen molar-refractivity contribution in [2.24, 2.45) is 0 Å². The highest BCUT2D eigenvalue weighted by molar-refractivity contribution is 5.70. The molecule has 5 rings (SSSR count). The van der Waals surface area contributed by atoms with Gasteiger partial charge in [0.05, 0.1) is 5.69 Å².